The number of fused-ring (bicyclic) bond motifs is 1. The van der Waals surface area contributed by atoms with E-state index in [0.717, 1.165) is 65.7 Å². The Morgan fingerprint density at radius 1 is 1.05 bits per heavy atom. The molecule has 2 aliphatic rings. The molecular weight excluding hydrogens is 534 g/mol. The van der Waals surface area contributed by atoms with Gasteiger partial charge in [0.1, 0.15) is 11.4 Å². The van der Waals surface area contributed by atoms with Gasteiger partial charge in [-0.2, -0.15) is 0 Å². The smallest absolute Gasteiger partial charge is 0.419 e. The molecule has 0 spiro atoms. The van der Waals surface area contributed by atoms with Gasteiger partial charge in [-0.1, -0.05) is 12.1 Å². The summed E-state index contributed by atoms with van der Waals surface area (Å²) in [6, 6.07) is 11.7. The Morgan fingerprint density at radius 2 is 1.79 bits per heavy atom. The number of benzene rings is 2. The molecule has 0 radical (unpaired) electrons. The minimum absolute atomic E-state index is 0.0119. The van der Waals surface area contributed by atoms with Crippen molar-refractivity contribution in [2.24, 2.45) is 0 Å². The zero-order chi connectivity index (χ0) is 30.2. The normalized spacial score (nSPS) is 19.8. The van der Waals surface area contributed by atoms with Crippen LogP contribution in [0, 0.1) is 6.92 Å². The topological polar surface area (TPSA) is 90.3 Å². The van der Waals surface area contributed by atoms with E-state index in [1.807, 2.05) is 52.0 Å². The third-order valence-corrected chi connectivity index (χ3v) is 8.35. The van der Waals surface area contributed by atoms with Gasteiger partial charge in [0, 0.05) is 55.3 Å². The third-order valence-electron chi connectivity index (χ3n) is 8.35. The lowest BCUT2D eigenvalue weighted by atomic mass is 9.89. The Labute approximate surface area is 247 Å². The van der Waals surface area contributed by atoms with Crippen LogP contribution in [0.25, 0.3) is 10.9 Å². The number of ether oxygens (including phenoxy) is 3. The highest BCUT2D eigenvalue weighted by atomic mass is 16.6. The summed E-state index contributed by atoms with van der Waals surface area (Å²) in [5.74, 6) is 0.626. The summed E-state index contributed by atoms with van der Waals surface area (Å²) in [6.07, 6.45) is 4.54. The van der Waals surface area contributed by atoms with E-state index in [2.05, 4.69) is 9.80 Å². The number of esters is 1. The molecule has 3 aromatic rings. The summed E-state index contributed by atoms with van der Waals surface area (Å²) in [5.41, 5.74) is 3.67. The number of aromatic nitrogens is 1. The number of piperidine rings is 1. The van der Waals surface area contributed by atoms with Crippen LogP contribution in [0.3, 0.4) is 0 Å². The maximum atomic E-state index is 13.1. The molecule has 5 rings (SSSR count). The van der Waals surface area contributed by atoms with Gasteiger partial charge >= 0.3 is 12.1 Å². The first-order chi connectivity index (χ1) is 20.0. The minimum Gasteiger partial charge on any atom is -0.496 e. The first kappa shape index (κ1) is 29.6. The van der Waals surface area contributed by atoms with Crippen LogP contribution in [0.5, 0.6) is 5.75 Å². The number of carbonyl (C=O) groups excluding carboxylic acids is 3. The molecule has 2 fully saturated rings. The Balaban J connectivity index is 1.52. The third kappa shape index (κ3) is 5.88. The van der Waals surface area contributed by atoms with Gasteiger partial charge in [0.2, 0.25) is 5.91 Å². The summed E-state index contributed by atoms with van der Waals surface area (Å²) >= 11 is 0. The van der Waals surface area contributed by atoms with E-state index in [9.17, 15) is 14.4 Å². The summed E-state index contributed by atoms with van der Waals surface area (Å²) in [7, 11) is 3.05. The highest BCUT2D eigenvalue weighted by Crippen LogP contribution is 2.39. The fourth-order valence-corrected chi connectivity index (χ4v) is 6.40. The van der Waals surface area contributed by atoms with Crippen molar-refractivity contribution in [2.75, 3.05) is 27.3 Å². The number of likely N-dealkylation sites (tertiary alicyclic amines) is 2. The van der Waals surface area contributed by atoms with Gasteiger partial charge in [0.15, 0.2) is 0 Å². The molecule has 2 saturated heterocycles. The standard InChI is InChI=1S/C33H41N3O6/c1-21-18-28(40-5)26(25-14-17-36(30(21)25)32(39)42-33(2,3)4)20-34-16-13-24(35-15-7-8-29(35)37)19-27(34)22-9-11-23(12-10-22)31(38)41-6/h9-12,14,17-18,24,27H,7-8,13,15-16,19-20H2,1-6H3/t24-,27-/m0/s1. The minimum atomic E-state index is -0.616. The van der Waals surface area contributed by atoms with E-state index in [0.29, 0.717) is 18.5 Å². The van der Waals surface area contributed by atoms with Crippen molar-refractivity contribution in [3.8, 4) is 5.75 Å². The van der Waals surface area contributed by atoms with Crippen LogP contribution in [0.15, 0.2) is 42.6 Å². The number of carbonyl (C=O) groups is 3. The molecule has 0 N–H and O–H groups in total. The van der Waals surface area contributed by atoms with Gasteiger partial charge in [-0.15, -0.1) is 0 Å². The number of amides is 1. The van der Waals surface area contributed by atoms with Crippen molar-refractivity contribution in [2.45, 2.75) is 77.6 Å². The molecule has 3 heterocycles. The Hall–Kier alpha value is -3.85. The molecular formula is C33H41N3O6. The first-order valence-corrected chi connectivity index (χ1v) is 14.6. The lowest BCUT2D eigenvalue weighted by Crippen LogP contribution is -2.46. The van der Waals surface area contributed by atoms with Gasteiger partial charge in [-0.25, -0.2) is 9.59 Å². The molecule has 42 heavy (non-hydrogen) atoms. The van der Waals surface area contributed by atoms with E-state index in [1.165, 1.54) is 7.11 Å². The molecule has 1 amide bonds. The van der Waals surface area contributed by atoms with E-state index in [1.54, 1.807) is 30.0 Å². The van der Waals surface area contributed by atoms with E-state index in [4.69, 9.17) is 14.2 Å². The van der Waals surface area contributed by atoms with Gasteiger partial charge in [-0.05, 0) is 82.3 Å². The monoisotopic (exact) mass is 575 g/mol. The summed E-state index contributed by atoms with van der Waals surface area (Å²) in [5, 5.41) is 0.939. The maximum Gasteiger partial charge on any atom is 0.419 e. The number of rotatable bonds is 6. The molecule has 0 aliphatic carbocycles. The predicted octanol–water partition coefficient (Wildman–Crippen LogP) is 5.86. The average Bonchev–Trinajstić information content (AvgIpc) is 3.60. The zero-order valence-corrected chi connectivity index (χ0v) is 25.4. The molecule has 9 nitrogen and oxygen atoms in total. The van der Waals surface area contributed by atoms with Crippen molar-refractivity contribution in [3.05, 3.63) is 64.8 Å². The summed E-state index contributed by atoms with van der Waals surface area (Å²) < 4.78 is 18.0. The van der Waals surface area contributed by atoms with Gasteiger partial charge in [0.25, 0.3) is 0 Å². The summed E-state index contributed by atoms with van der Waals surface area (Å²) in [6.45, 7) is 9.71. The number of aryl methyl sites for hydroxylation is 1. The second kappa shape index (κ2) is 11.8. The van der Waals surface area contributed by atoms with Crippen LogP contribution in [-0.4, -0.2) is 71.3 Å². The second-order valence-corrected chi connectivity index (χ2v) is 12.3. The number of hydrogen-bond donors (Lipinski definition) is 0. The number of hydrogen-bond acceptors (Lipinski definition) is 7. The number of methoxy groups -OCH3 is 2. The molecule has 2 atom stereocenters. The number of nitrogens with zero attached hydrogens (tertiary/aromatic N) is 3. The van der Waals surface area contributed by atoms with Crippen molar-refractivity contribution in [3.63, 3.8) is 0 Å². The molecule has 0 unspecified atom stereocenters. The van der Waals surface area contributed by atoms with Crippen molar-refractivity contribution >= 4 is 28.9 Å². The molecule has 2 aliphatic heterocycles. The lowest BCUT2D eigenvalue weighted by Gasteiger charge is -2.43. The molecule has 0 bridgehead atoms. The van der Waals surface area contributed by atoms with E-state index >= 15 is 0 Å². The molecule has 224 valence electrons. The van der Waals surface area contributed by atoms with Crippen LogP contribution in [0.1, 0.15) is 79.5 Å². The Morgan fingerprint density at radius 3 is 2.40 bits per heavy atom. The van der Waals surface area contributed by atoms with E-state index in [-0.39, 0.29) is 24.0 Å². The van der Waals surface area contributed by atoms with Crippen molar-refractivity contribution in [1.29, 1.82) is 0 Å². The fourth-order valence-electron chi connectivity index (χ4n) is 6.40. The van der Waals surface area contributed by atoms with Crippen molar-refractivity contribution < 1.29 is 28.6 Å². The first-order valence-electron chi connectivity index (χ1n) is 14.6. The maximum absolute atomic E-state index is 13.1. The predicted molar refractivity (Wildman–Crippen MR) is 160 cm³/mol. The average molecular weight is 576 g/mol. The Bertz CT molecular complexity index is 1490. The Kier molecular flexibility index (Phi) is 8.32. The van der Waals surface area contributed by atoms with Crippen molar-refractivity contribution in [1.82, 2.24) is 14.4 Å². The highest BCUT2D eigenvalue weighted by molar-refractivity contribution is 5.95. The second-order valence-electron chi connectivity index (χ2n) is 12.3. The van der Waals surface area contributed by atoms with Crippen LogP contribution >= 0.6 is 0 Å². The largest absolute Gasteiger partial charge is 0.496 e. The molecule has 0 saturated carbocycles. The molecule has 9 heteroatoms. The zero-order valence-electron chi connectivity index (χ0n) is 25.4. The summed E-state index contributed by atoms with van der Waals surface area (Å²) in [4.78, 5) is 42.3. The van der Waals surface area contributed by atoms with Gasteiger partial charge < -0.3 is 19.1 Å². The fraction of sp³-hybridized carbons (Fsp3) is 0.485. The van der Waals surface area contributed by atoms with Gasteiger partial charge in [-0.3, -0.25) is 14.3 Å². The van der Waals surface area contributed by atoms with Crippen LogP contribution in [0.4, 0.5) is 4.79 Å². The lowest BCUT2D eigenvalue weighted by molar-refractivity contribution is -0.131. The van der Waals surface area contributed by atoms with E-state index < -0.39 is 11.7 Å². The van der Waals surface area contributed by atoms with Crippen LogP contribution in [-0.2, 0) is 20.8 Å². The highest BCUT2D eigenvalue weighted by Gasteiger charge is 2.37. The van der Waals surface area contributed by atoms with Crippen LogP contribution in [0.2, 0.25) is 0 Å². The van der Waals surface area contributed by atoms with Crippen LogP contribution < -0.4 is 4.74 Å². The molecule has 2 aromatic carbocycles. The van der Waals surface area contributed by atoms with Gasteiger partial charge in [0.05, 0.1) is 25.3 Å². The quantitative estimate of drug-likeness (QED) is 0.340. The SMILES string of the molecule is COC(=O)c1ccc([C@@H]2C[C@@H](N3CCCC3=O)CCN2Cc2c(OC)cc(C)c3c2ccn3C(=O)OC(C)(C)C)cc1. The molecule has 1 aromatic heterocycles.